The number of amides is 1. The second-order valence-electron chi connectivity index (χ2n) is 4.85. The normalized spacial score (nSPS) is 23.4. The molecule has 0 radical (unpaired) electrons. The maximum Gasteiger partial charge on any atom is 0.417 e. The van der Waals surface area contributed by atoms with Crippen LogP contribution in [0.4, 0.5) is 13.2 Å². The highest BCUT2D eigenvalue weighted by Crippen LogP contribution is 2.28. The third-order valence-electron chi connectivity index (χ3n) is 3.32. The highest BCUT2D eigenvalue weighted by atomic mass is 79.9. The van der Waals surface area contributed by atoms with Gasteiger partial charge in [-0.05, 0) is 37.8 Å². The molecule has 0 bridgehead atoms. The van der Waals surface area contributed by atoms with Gasteiger partial charge in [0.1, 0.15) is 5.69 Å². The van der Waals surface area contributed by atoms with Crippen molar-refractivity contribution in [2.24, 2.45) is 0 Å². The second-order valence-corrected chi connectivity index (χ2v) is 6.15. The Balaban J connectivity index is 1.96. The van der Waals surface area contributed by atoms with E-state index in [-0.39, 0.29) is 11.7 Å². The number of alkyl halides is 4. The van der Waals surface area contributed by atoms with E-state index >= 15 is 0 Å². The third kappa shape index (κ3) is 3.94. The van der Waals surface area contributed by atoms with Crippen molar-refractivity contribution < 1.29 is 18.0 Å². The van der Waals surface area contributed by atoms with Crippen molar-refractivity contribution in [1.29, 1.82) is 0 Å². The summed E-state index contributed by atoms with van der Waals surface area (Å²) in [6.45, 7) is 0. The first-order valence-electron chi connectivity index (χ1n) is 6.34. The van der Waals surface area contributed by atoms with Gasteiger partial charge in [-0.25, -0.2) is 0 Å². The highest BCUT2D eigenvalue weighted by Gasteiger charge is 2.31. The Morgan fingerprint density at radius 1 is 1.25 bits per heavy atom. The van der Waals surface area contributed by atoms with Crippen LogP contribution in [0.5, 0.6) is 0 Å². The van der Waals surface area contributed by atoms with Gasteiger partial charge in [-0.15, -0.1) is 0 Å². The van der Waals surface area contributed by atoms with Gasteiger partial charge < -0.3 is 5.32 Å². The van der Waals surface area contributed by atoms with Gasteiger partial charge in [0.25, 0.3) is 5.91 Å². The zero-order valence-electron chi connectivity index (χ0n) is 10.6. The van der Waals surface area contributed by atoms with Crippen molar-refractivity contribution in [3.8, 4) is 0 Å². The SMILES string of the molecule is O=C(NC1CCC(Br)CC1)c1ccc(C(F)(F)F)cn1. The molecule has 7 heteroatoms. The third-order valence-corrected chi connectivity index (χ3v) is 4.23. The molecule has 110 valence electrons. The molecule has 1 aromatic heterocycles. The second kappa shape index (κ2) is 6.11. The van der Waals surface area contributed by atoms with Crippen molar-refractivity contribution >= 4 is 21.8 Å². The summed E-state index contributed by atoms with van der Waals surface area (Å²) in [6.07, 6.45) is -0.0675. The first-order valence-corrected chi connectivity index (χ1v) is 7.26. The Hall–Kier alpha value is -1.11. The van der Waals surface area contributed by atoms with Gasteiger partial charge in [0.05, 0.1) is 5.56 Å². The van der Waals surface area contributed by atoms with Crippen molar-refractivity contribution in [2.45, 2.75) is 42.7 Å². The molecule has 2 rings (SSSR count). The van der Waals surface area contributed by atoms with E-state index < -0.39 is 17.6 Å². The number of pyridine rings is 1. The molecule has 1 amide bonds. The molecule has 0 atom stereocenters. The quantitative estimate of drug-likeness (QED) is 0.829. The summed E-state index contributed by atoms with van der Waals surface area (Å²) >= 11 is 3.52. The standard InChI is InChI=1S/C13H14BrF3N2O/c14-9-2-4-10(5-3-9)19-12(20)11-6-1-8(7-18-11)13(15,16)17/h1,6-7,9-10H,2-5H2,(H,19,20). The van der Waals surface area contributed by atoms with Crippen LogP contribution in [0.2, 0.25) is 0 Å². The van der Waals surface area contributed by atoms with E-state index in [1.165, 1.54) is 0 Å². The summed E-state index contributed by atoms with van der Waals surface area (Å²) < 4.78 is 37.2. The number of nitrogens with zero attached hydrogens (tertiary/aromatic N) is 1. The first-order chi connectivity index (χ1) is 9.36. The number of halogens is 4. The lowest BCUT2D eigenvalue weighted by Gasteiger charge is -2.25. The van der Waals surface area contributed by atoms with Crippen LogP contribution >= 0.6 is 15.9 Å². The minimum Gasteiger partial charge on any atom is -0.348 e. The Morgan fingerprint density at radius 3 is 2.40 bits per heavy atom. The summed E-state index contributed by atoms with van der Waals surface area (Å²) in [5, 5.41) is 2.81. The lowest BCUT2D eigenvalue weighted by atomic mass is 9.95. The highest BCUT2D eigenvalue weighted by molar-refractivity contribution is 9.09. The van der Waals surface area contributed by atoms with Crippen LogP contribution in [-0.4, -0.2) is 21.8 Å². The Morgan fingerprint density at radius 2 is 1.90 bits per heavy atom. The zero-order chi connectivity index (χ0) is 14.8. The molecule has 0 spiro atoms. The summed E-state index contributed by atoms with van der Waals surface area (Å²) in [4.78, 5) is 16.0. The summed E-state index contributed by atoms with van der Waals surface area (Å²) in [6, 6.07) is 2.05. The fourth-order valence-electron chi connectivity index (χ4n) is 2.15. The van der Waals surface area contributed by atoms with Crippen molar-refractivity contribution in [3.63, 3.8) is 0 Å². The molecule has 0 aliphatic heterocycles. The molecule has 1 saturated carbocycles. The molecule has 0 aromatic carbocycles. The number of carbonyl (C=O) groups excluding carboxylic acids is 1. The molecule has 20 heavy (non-hydrogen) atoms. The van der Waals surface area contributed by atoms with E-state index in [4.69, 9.17) is 0 Å². The van der Waals surface area contributed by atoms with Crippen LogP contribution in [0.1, 0.15) is 41.7 Å². The van der Waals surface area contributed by atoms with E-state index in [0.29, 0.717) is 11.0 Å². The van der Waals surface area contributed by atoms with Crippen LogP contribution < -0.4 is 5.32 Å². The molecule has 1 aliphatic carbocycles. The Bertz CT molecular complexity index is 467. The van der Waals surface area contributed by atoms with Crippen LogP contribution in [0.15, 0.2) is 18.3 Å². The molecule has 1 aromatic rings. The summed E-state index contributed by atoms with van der Waals surface area (Å²) in [7, 11) is 0. The van der Waals surface area contributed by atoms with E-state index in [1.54, 1.807) is 0 Å². The van der Waals surface area contributed by atoms with Gasteiger partial charge in [-0.3, -0.25) is 9.78 Å². The average molecular weight is 351 g/mol. The lowest BCUT2D eigenvalue weighted by molar-refractivity contribution is -0.137. The number of carbonyl (C=O) groups is 1. The Kier molecular flexibility index (Phi) is 4.67. The molecular weight excluding hydrogens is 337 g/mol. The fourth-order valence-corrected chi connectivity index (χ4v) is 2.68. The molecule has 0 saturated heterocycles. The van der Waals surface area contributed by atoms with Crippen LogP contribution in [-0.2, 0) is 6.18 Å². The van der Waals surface area contributed by atoms with E-state index in [9.17, 15) is 18.0 Å². The smallest absolute Gasteiger partial charge is 0.348 e. The van der Waals surface area contributed by atoms with Gasteiger partial charge in [0, 0.05) is 17.1 Å². The monoisotopic (exact) mass is 350 g/mol. The largest absolute Gasteiger partial charge is 0.417 e. The van der Waals surface area contributed by atoms with Gasteiger partial charge in [0.2, 0.25) is 0 Å². The van der Waals surface area contributed by atoms with E-state index in [0.717, 1.165) is 37.8 Å². The molecular formula is C13H14BrF3N2O. The predicted octanol–water partition coefficient (Wildman–Crippen LogP) is 3.54. The minimum atomic E-state index is -4.43. The zero-order valence-corrected chi connectivity index (χ0v) is 12.2. The first kappa shape index (κ1) is 15.3. The molecule has 1 fully saturated rings. The number of aromatic nitrogens is 1. The van der Waals surface area contributed by atoms with Crippen molar-refractivity contribution in [2.75, 3.05) is 0 Å². The number of nitrogens with one attached hydrogen (secondary N) is 1. The topological polar surface area (TPSA) is 42.0 Å². The maximum atomic E-state index is 12.4. The molecule has 1 heterocycles. The van der Waals surface area contributed by atoms with Crippen molar-refractivity contribution in [1.82, 2.24) is 10.3 Å². The van der Waals surface area contributed by atoms with Crippen LogP contribution in [0, 0.1) is 0 Å². The fraction of sp³-hybridized carbons (Fsp3) is 0.538. The Labute approximate surface area is 123 Å². The average Bonchev–Trinajstić information content (AvgIpc) is 2.40. The van der Waals surface area contributed by atoms with Gasteiger partial charge in [0.15, 0.2) is 0 Å². The predicted molar refractivity (Wildman–Crippen MR) is 71.7 cm³/mol. The number of hydrogen-bond donors (Lipinski definition) is 1. The summed E-state index contributed by atoms with van der Waals surface area (Å²) in [5.74, 6) is -0.420. The summed E-state index contributed by atoms with van der Waals surface area (Å²) in [5.41, 5.74) is -0.840. The number of hydrogen-bond acceptors (Lipinski definition) is 2. The molecule has 0 unspecified atom stereocenters. The lowest BCUT2D eigenvalue weighted by Crippen LogP contribution is -2.38. The maximum absolute atomic E-state index is 12.4. The molecule has 1 aliphatic rings. The van der Waals surface area contributed by atoms with Crippen LogP contribution in [0.3, 0.4) is 0 Å². The van der Waals surface area contributed by atoms with E-state index in [2.05, 4.69) is 26.2 Å². The van der Waals surface area contributed by atoms with E-state index in [1.807, 2.05) is 0 Å². The van der Waals surface area contributed by atoms with Gasteiger partial charge in [-0.2, -0.15) is 13.2 Å². The van der Waals surface area contributed by atoms with Crippen molar-refractivity contribution in [3.05, 3.63) is 29.6 Å². The minimum absolute atomic E-state index is 0.0129. The van der Waals surface area contributed by atoms with Gasteiger partial charge >= 0.3 is 6.18 Å². The van der Waals surface area contributed by atoms with Crippen LogP contribution in [0.25, 0.3) is 0 Å². The molecule has 3 nitrogen and oxygen atoms in total. The molecule has 1 N–H and O–H groups in total. The number of rotatable bonds is 2. The van der Waals surface area contributed by atoms with Gasteiger partial charge in [-0.1, -0.05) is 15.9 Å².